The molecular formula is C26H20FN5O. The SMILES string of the molecule is Cc1nc2ncc(NC(=O)c3ccccc3)c(F)n2c1C1(c2ccc3ncccc3c2)CC1. The van der Waals surface area contributed by atoms with Gasteiger partial charge in [0.1, 0.15) is 5.69 Å². The first-order valence-corrected chi connectivity index (χ1v) is 10.8. The van der Waals surface area contributed by atoms with E-state index in [-0.39, 0.29) is 16.9 Å². The zero-order valence-electron chi connectivity index (χ0n) is 17.9. The van der Waals surface area contributed by atoms with Gasteiger partial charge in [-0.2, -0.15) is 4.39 Å². The number of amides is 1. The van der Waals surface area contributed by atoms with Crippen molar-refractivity contribution >= 4 is 28.3 Å². The Balaban J connectivity index is 1.46. The summed E-state index contributed by atoms with van der Waals surface area (Å²) in [4.78, 5) is 25.9. The Labute approximate surface area is 189 Å². The Morgan fingerprint density at radius 2 is 1.88 bits per heavy atom. The molecular weight excluding hydrogens is 417 g/mol. The predicted octanol–water partition coefficient (Wildman–Crippen LogP) is 5.06. The van der Waals surface area contributed by atoms with Gasteiger partial charge in [-0.15, -0.1) is 0 Å². The summed E-state index contributed by atoms with van der Waals surface area (Å²) in [6.07, 6.45) is 4.86. The first-order chi connectivity index (χ1) is 16.1. The third kappa shape index (κ3) is 3.08. The molecule has 0 saturated heterocycles. The maximum absolute atomic E-state index is 15.8. The molecule has 2 aromatic carbocycles. The minimum atomic E-state index is -0.575. The number of hydrogen-bond donors (Lipinski definition) is 1. The van der Waals surface area contributed by atoms with Gasteiger partial charge in [0, 0.05) is 22.6 Å². The third-order valence-corrected chi connectivity index (χ3v) is 6.40. The van der Waals surface area contributed by atoms with Gasteiger partial charge in [0.25, 0.3) is 5.91 Å². The Bertz CT molecular complexity index is 1540. The number of nitrogens with one attached hydrogen (secondary N) is 1. The van der Waals surface area contributed by atoms with Crippen LogP contribution < -0.4 is 5.32 Å². The minimum absolute atomic E-state index is 0.0218. The highest BCUT2D eigenvalue weighted by molar-refractivity contribution is 6.04. The summed E-state index contributed by atoms with van der Waals surface area (Å²) in [5, 5.41) is 3.70. The summed E-state index contributed by atoms with van der Waals surface area (Å²) in [5.74, 6) is -0.683. The fraction of sp³-hybridized carbons (Fsp3) is 0.154. The number of nitrogens with zero attached hydrogens (tertiary/aromatic N) is 4. The van der Waals surface area contributed by atoms with Crippen LogP contribution in [0.5, 0.6) is 0 Å². The van der Waals surface area contributed by atoms with E-state index in [4.69, 9.17) is 0 Å². The molecule has 1 aliphatic carbocycles. The highest BCUT2D eigenvalue weighted by Crippen LogP contribution is 2.55. The summed E-state index contributed by atoms with van der Waals surface area (Å²) in [5.41, 5.74) is 3.66. The molecule has 1 amide bonds. The third-order valence-electron chi connectivity index (χ3n) is 6.40. The van der Waals surface area contributed by atoms with Crippen LogP contribution in [0, 0.1) is 12.9 Å². The maximum atomic E-state index is 15.8. The molecule has 162 valence electrons. The van der Waals surface area contributed by atoms with Gasteiger partial charge in [-0.3, -0.25) is 14.2 Å². The Morgan fingerprint density at radius 3 is 2.67 bits per heavy atom. The van der Waals surface area contributed by atoms with Gasteiger partial charge in [0.2, 0.25) is 11.7 Å². The van der Waals surface area contributed by atoms with Gasteiger partial charge in [0.05, 0.1) is 23.1 Å². The molecule has 6 nitrogen and oxygen atoms in total. The lowest BCUT2D eigenvalue weighted by Gasteiger charge is -2.18. The average Bonchev–Trinajstić information content (AvgIpc) is 3.57. The quantitative estimate of drug-likeness (QED) is 0.399. The predicted molar refractivity (Wildman–Crippen MR) is 124 cm³/mol. The topological polar surface area (TPSA) is 72.2 Å². The van der Waals surface area contributed by atoms with Crippen LogP contribution in [0.4, 0.5) is 10.1 Å². The van der Waals surface area contributed by atoms with Crippen LogP contribution in [0.3, 0.4) is 0 Å². The van der Waals surface area contributed by atoms with Gasteiger partial charge >= 0.3 is 0 Å². The smallest absolute Gasteiger partial charge is 0.255 e. The van der Waals surface area contributed by atoms with E-state index in [0.29, 0.717) is 5.56 Å². The van der Waals surface area contributed by atoms with Crippen molar-refractivity contribution < 1.29 is 9.18 Å². The van der Waals surface area contributed by atoms with Crippen LogP contribution in [0.2, 0.25) is 0 Å². The number of carbonyl (C=O) groups is 1. The molecule has 5 aromatic rings. The van der Waals surface area contributed by atoms with Gasteiger partial charge in [-0.1, -0.05) is 30.3 Å². The second kappa shape index (κ2) is 7.20. The van der Waals surface area contributed by atoms with Crippen LogP contribution >= 0.6 is 0 Å². The Morgan fingerprint density at radius 1 is 1.06 bits per heavy atom. The number of benzene rings is 2. The van der Waals surface area contributed by atoms with Crippen LogP contribution in [0.25, 0.3) is 16.7 Å². The van der Waals surface area contributed by atoms with Crippen molar-refractivity contribution in [3.05, 3.63) is 102 Å². The normalized spacial score (nSPS) is 14.5. The second-order valence-corrected chi connectivity index (χ2v) is 8.46. The number of anilines is 1. The minimum Gasteiger partial charge on any atom is -0.317 e. The van der Waals surface area contributed by atoms with Crippen molar-refractivity contribution in [2.45, 2.75) is 25.2 Å². The molecule has 0 aliphatic heterocycles. The molecule has 0 atom stereocenters. The second-order valence-electron chi connectivity index (χ2n) is 8.46. The molecule has 3 heterocycles. The van der Waals surface area contributed by atoms with Gasteiger partial charge in [-0.25, -0.2) is 9.97 Å². The van der Waals surface area contributed by atoms with E-state index >= 15 is 4.39 Å². The van der Waals surface area contributed by atoms with Crippen molar-refractivity contribution in [1.29, 1.82) is 0 Å². The van der Waals surface area contributed by atoms with E-state index in [1.807, 2.05) is 31.2 Å². The van der Waals surface area contributed by atoms with Crippen molar-refractivity contribution in [3.63, 3.8) is 0 Å². The summed E-state index contributed by atoms with van der Waals surface area (Å²) >= 11 is 0. The number of aromatic nitrogens is 4. The lowest BCUT2D eigenvalue weighted by molar-refractivity contribution is 0.102. The number of pyridine rings is 1. The monoisotopic (exact) mass is 437 g/mol. The van der Waals surface area contributed by atoms with Crippen LogP contribution in [-0.4, -0.2) is 25.3 Å². The average molecular weight is 437 g/mol. The fourth-order valence-electron chi connectivity index (χ4n) is 4.67. The maximum Gasteiger partial charge on any atom is 0.255 e. The molecule has 0 spiro atoms. The zero-order valence-corrected chi connectivity index (χ0v) is 17.9. The van der Waals surface area contributed by atoms with Crippen LogP contribution in [0.15, 0.2) is 73.1 Å². The standard InChI is InChI=1S/C26H20FN5O/c1-16-22(26(11-12-26)19-9-10-20-18(14-19)8-5-13-28-20)32-23(27)21(15-29-25(32)30-16)31-24(33)17-6-3-2-4-7-17/h2-10,13-15H,11-12H2,1H3,(H,31,33). The molecule has 0 radical (unpaired) electrons. The van der Waals surface area contributed by atoms with Crippen LogP contribution in [-0.2, 0) is 5.41 Å². The van der Waals surface area contributed by atoms with Crippen molar-refractivity contribution in [1.82, 2.24) is 19.4 Å². The van der Waals surface area contributed by atoms with E-state index < -0.39 is 11.9 Å². The molecule has 6 rings (SSSR count). The first-order valence-electron chi connectivity index (χ1n) is 10.8. The van der Waals surface area contributed by atoms with E-state index in [2.05, 4.69) is 32.4 Å². The lowest BCUT2D eigenvalue weighted by Crippen LogP contribution is -2.18. The molecule has 1 N–H and O–H groups in total. The molecule has 1 saturated carbocycles. The summed E-state index contributed by atoms with van der Waals surface area (Å²) in [6, 6.07) is 18.8. The molecule has 0 unspecified atom stereocenters. The van der Waals surface area contributed by atoms with E-state index in [1.54, 1.807) is 30.5 Å². The largest absolute Gasteiger partial charge is 0.317 e. The molecule has 7 heteroatoms. The first kappa shape index (κ1) is 19.5. The van der Waals surface area contributed by atoms with E-state index in [1.165, 1.54) is 10.6 Å². The van der Waals surface area contributed by atoms with Gasteiger partial charge < -0.3 is 5.32 Å². The molecule has 1 fully saturated rings. The number of fused-ring (bicyclic) bond motifs is 2. The number of aryl methyl sites for hydroxylation is 1. The summed E-state index contributed by atoms with van der Waals surface area (Å²) in [7, 11) is 0. The molecule has 3 aromatic heterocycles. The number of rotatable bonds is 4. The highest BCUT2D eigenvalue weighted by Gasteiger charge is 2.50. The molecule has 1 aliphatic rings. The zero-order chi connectivity index (χ0) is 22.6. The van der Waals surface area contributed by atoms with Crippen molar-refractivity contribution in [2.24, 2.45) is 0 Å². The number of carbonyl (C=O) groups excluding carboxylic acids is 1. The van der Waals surface area contributed by atoms with E-state index in [0.717, 1.165) is 40.7 Å². The number of hydrogen-bond acceptors (Lipinski definition) is 4. The Hall–Kier alpha value is -4.13. The fourth-order valence-corrected chi connectivity index (χ4v) is 4.67. The van der Waals surface area contributed by atoms with Crippen molar-refractivity contribution in [2.75, 3.05) is 5.32 Å². The lowest BCUT2D eigenvalue weighted by atomic mass is 9.90. The summed E-state index contributed by atoms with van der Waals surface area (Å²) in [6.45, 7) is 1.88. The number of halogens is 1. The van der Waals surface area contributed by atoms with Crippen LogP contribution in [0.1, 0.15) is 40.2 Å². The van der Waals surface area contributed by atoms with Gasteiger partial charge in [0.15, 0.2) is 0 Å². The Kier molecular flexibility index (Phi) is 4.26. The van der Waals surface area contributed by atoms with Gasteiger partial charge in [-0.05, 0) is 55.7 Å². The van der Waals surface area contributed by atoms with E-state index in [9.17, 15) is 4.79 Å². The molecule has 0 bridgehead atoms. The van der Waals surface area contributed by atoms with Crippen molar-refractivity contribution in [3.8, 4) is 0 Å². The molecule has 33 heavy (non-hydrogen) atoms. The number of imidazole rings is 1. The highest BCUT2D eigenvalue weighted by atomic mass is 19.1. The summed E-state index contributed by atoms with van der Waals surface area (Å²) < 4.78 is 17.3.